The highest BCUT2D eigenvalue weighted by atomic mass is 79.9. The average Bonchev–Trinajstić information content (AvgIpc) is 2.73. The lowest BCUT2D eigenvalue weighted by molar-refractivity contribution is -0.123. The van der Waals surface area contributed by atoms with Crippen LogP contribution in [0.2, 0.25) is 0 Å². The third-order valence-corrected chi connectivity index (χ3v) is 10.2. The van der Waals surface area contributed by atoms with Gasteiger partial charge in [0.25, 0.3) is 10.0 Å². The highest BCUT2D eigenvalue weighted by molar-refractivity contribution is 9.10. The summed E-state index contributed by atoms with van der Waals surface area (Å²) in [6, 6.07) is 11.7. The predicted molar refractivity (Wildman–Crippen MR) is 137 cm³/mol. The molecule has 0 aliphatic heterocycles. The Morgan fingerprint density at radius 2 is 1.71 bits per heavy atom. The summed E-state index contributed by atoms with van der Waals surface area (Å²) >= 11 is 4.01. The maximum Gasteiger partial charge on any atom is 0.262 e. The van der Waals surface area contributed by atoms with Crippen molar-refractivity contribution in [1.29, 1.82) is 0 Å². The van der Waals surface area contributed by atoms with E-state index in [1.54, 1.807) is 56.5 Å². The Labute approximate surface area is 210 Å². The van der Waals surface area contributed by atoms with Crippen molar-refractivity contribution in [3.05, 3.63) is 48.0 Å². The number of methoxy groups -OCH3 is 1. The first kappa shape index (κ1) is 23.7. The summed E-state index contributed by atoms with van der Waals surface area (Å²) in [6.45, 7) is 1.75. The molecule has 4 aliphatic rings. The topological polar surface area (TPSA) is 84.5 Å². The molecule has 34 heavy (non-hydrogen) atoms. The number of rotatable bonds is 7. The summed E-state index contributed by atoms with van der Waals surface area (Å²) in [5, 5.41) is 2.99. The second kappa shape index (κ2) is 8.55. The van der Waals surface area contributed by atoms with Gasteiger partial charge < -0.3 is 10.1 Å². The Bertz CT molecular complexity index is 1200. The van der Waals surface area contributed by atoms with Crippen LogP contribution in [0.15, 0.2) is 47.4 Å². The van der Waals surface area contributed by atoms with Crippen LogP contribution in [0.1, 0.15) is 50.5 Å². The van der Waals surface area contributed by atoms with Gasteiger partial charge in [0.1, 0.15) is 5.75 Å². The van der Waals surface area contributed by atoms with E-state index in [0.717, 1.165) is 19.3 Å². The van der Waals surface area contributed by atoms with Crippen LogP contribution in [0.4, 0.5) is 11.4 Å². The largest absolute Gasteiger partial charge is 0.497 e. The lowest BCUT2D eigenvalue weighted by Crippen LogP contribution is -2.53. The Morgan fingerprint density at radius 3 is 2.32 bits per heavy atom. The van der Waals surface area contributed by atoms with Gasteiger partial charge in [0, 0.05) is 22.1 Å². The summed E-state index contributed by atoms with van der Waals surface area (Å²) in [6.07, 6.45) is 7.57. The van der Waals surface area contributed by atoms with Crippen LogP contribution in [0, 0.1) is 24.2 Å². The number of ether oxygens (including phenoxy) is 1. The van der Waals surface area contributed by atoms with Gasteiger partial charge in [-0.05, 0) is 105 Å². The number of hydrogen-bond donors (Lipinski definition) is 2. The number of hydrogen-bond acceptors (Lipinski definition) is 4. The monoisotopic (exact) mass is 546 g/mol. The minimum atomic E-state index is -3.82. The van der Waals surface area contributed by atoms with Crippen LogP contribution >= 0.6 is 15.9 Å². The molecule has 4 fully saturated rings. The van der Waals surface area contributed by atoms with E-state index in [2.05, 4.69) is 26.0 Å². The normalized spacial score (nSPS) is 29.6. The molecule has 0 aromatic heterocycles. The second-order valence-electron chi connectivity index (χ2n) is 10.7. The van der Waals surface area contributed by atoms with Crippen molar-refractivity contribution in [2.24, 2.45) is 17.3 Å². The maximum absolute atomic E-state index is 13.1. The van der Waals surface area contributed by atoms with E-state index in [1.807, 2.05) is 0 Å². The summed E-state index contributed by atoms with van der Waals surface area (Å²) in [4.78, 5) is 13.2. The van der Waals surface area contributed by atoms with E-state index in [9.17, 15) is 13.2 Å². The van der Waals surface area contributed by atoms with E-state index in [1.165, 1.54) is 19.3 Å². The molecule has 4 aliphatic carbocycles. The highest BCUT2D eigenvalue weighted by Gasteiger charge is 2.57. The van der Waals surface area contributed by atoms with Crippen LogP contribution in [-0.2, 0) is 14.8 Å². The fourth-order valence-corrected chi connectivity index (χ4v) is 9.77. The first-order chi connectivity index (χ1) is 16.1. The van der Waals surface area contributed by atoms with Crippen LogP contribution in [0.25, 0.3) is 0 Å². The number of nitrogens with one attached hydrogen (secondary N) is 2. The van der Waals surface area contributed by atoms with E-state index >= 15 is 0 Å². The van der Waals surface area contributed by atoms with Crippen LogP contribution in [0.3, 0.4) is 0 Å². The fraction of sp³-hybridized carbons (Fsp3) is 0.500. The summed E-state index contributed by atoms with van der Waals surface area (Å²) in [7, 11) is -2.26. The van der Waals surface area contributed by atoms with Crippen molar-refractivity contribution in [3.8, 4) is 5.75 Å². The summed E-state index contributed by atoms with van der Waals surface area (Å²) in [5.74, 6) is 2.05. The maximum atomic E-state index is 13.1. The molecule has 1 amide bonds. The molecule has 0 radical (unpaired) electrons. The summed E-state index contributed by atoms with van der Waals surface area (Å²) in [5.41, 5.74) is 1.62. The molecule has 2 atom stereocenters. The molecule has 4 saturated carbocycles. The Kier molecular flexibility index (Phi) is 5.96. The number of anilines is 2. The van der Waals surface area contributed by atoms with E-state index in [0.29, 0.717) is 40.9 Å². The van der Waals surface area contributed by atoms with Gasteiger partial charge in [0.2, 0.25) is 5.91 Å². The van der Waals surface area contributed by atoms with Gasteiger partial charge >= 0.3 is 0 Å². The number of carbonyl (C=O) groups is 1. The average molecular weight is 548 g/mol. The van der Waals surface area contributed by atoms with Crippen molar-refractivity contribution < 1.29 is 17.9 Å². The van der Waals surface area contributed by atoms with Crippen LogP contribution < -0.4 is 14.8 Å². The first-order valence-electron chi connectivity index (χ1n) is 11.8. The van der Waals surface area contributed by atoms with Gasteiger partial charge in [-0.1, -0.05) is 22.0 Å². The zero-order valence-corrected chi connectivity index (χ0v) is 22.0. The standard InChI is InChI=1S/C26H31BrN2O4S/c1-17-3-4-21(10-23(17)34(31,32)29-20-5-7-22(33-2)8-6-20)28-24(30)15-25-11-18-9-19(12-25)14-26(27,13-18)16-25/h3-8,10,18-19,29H,9,11-16H2,1-2H3,(H,28,30). The minimum Gasteiger partial charge on any atom is -0.497 e. The third kappa shape index (κ3) is 4.71. The smallest absolute Gasteiger partial charge is 0.262 e. The molecule has 2 aromatic rings. The molecule has 182 valence electrons. The van der Waals surface area contributed by atoms with Gasteiger partial charge in [-0.2, -0.15) is 0 Å². The number of amides is 1. The van der Waals surface area contributed by atoms with Gasteiger partial charge in [-0.15, -0.1) is 0 Å². The fourth-order valence-electron chi connectivity index (χ4n) is 6.93. The van der Waals surface area contributed by atoms with Crippen molar-refractivity contribution in [2.75, 3.05) is 17.1 Å². The zero-order chi connectivity index (χ0) is 24.1. The van der Waals surface area contributed by atoms with E-state index < -0.39 is 10.0 Å². The Hall–Kier alpha value is -2.06. The number of carbonyl (C=O) groups excluding carboxylic acids is 1. The SMILES string of the molecule is COc1ccc(NS(=O)(=O)c2cc(NC(=O)CC34CC5CC(CC(Br)(C5)C3)C4)ccc2C)cc1. The third-order valence-electron chi connectivity index (χ3n) is 7.75. The van der Waals surface area contributed by atoms with Gasteiger partial charge in [0.05, 0.1) is 12.0 Å². The minimum absolute atomic E-state index is 0.0339. The van der Waals surface area contributed by atoms with Crippen molar-refractivity contribution in [2.45, 2.75) is 61.1 Å². The molecule has 2 N–H and O–H groups in total. The predicted octanol–water partition coefficient (Wildman–Crippen LogP) is 5.87. The number of alkyl halides is 1. The van der Waals surface area contributed by atoms with Gasteiger partial charge in [0.15, 0.2) is 0 Å². The number of halogens is 1. The van der Waals surface area contributed by atoms with Crippen molar-refractivity contribution in [1.82, 2.24) is 0 Å². The molecule has 6 rings (SSSR count). The van der Waals surface area contributed by atoms with Crippen molar-refractivity contribution >= 4 is 43.2 Å². The summed E-state index contributed by atoms with van der Waals surface area (Å²) < 4.78 is 34.1. The highest BCUT2D eigenvalue weighted by Crippen LogP contribution is 2.65. The molecular formula is C26H31BrN2O4S. The van der Waals surface area contributed by atoms with E-state index in [4.69, 9.17) is 4.74 Å². The number of benzene rings is 2. The lowest BCUT2D eigenvalue weighted by Gasteiger charge is -2.60. The molecule has 2 unspecified atom stereocenters. The van der Waals surface area contributed by atoms with Gasteiger partial charge in [-0.3, -0.25) is 9.52 Å². The second-order valence-corrected chi connectivity index (χ2v) is 14.0. The van der Waals surface area contributed by atoms with Crippen LogP contribution in [-0.4, -0.2) is 25.8 Å². The number of aryl methyl sites for hydroxylation is 1. The Morgan fingerprint density at radius 1 is 1.06 bits per heavy atom. The van der Waals surface area contributed by atoms with Gasteiger partial charge in [-0.25, -0.2) is 8.42 Å². The van der Waals surface area contributed by atoms with Crippen molar-refractivity contribution in [3.63, 3.8) is 0 Å². The molecule has 4 bridgehead atoms. The lowest BCUT2D eigenvalue weighted by atomic mass is 9.48. The molecule has 0 saturated heterocycles. The molecule has 2 aromatic carbocycles. The first-order valence-corrected chi connectivity index (χ1v) is 14.1. The quantitative estimate of drug-likeness (QED) is 0.425. The van der Waals surface area contributed by atoms with Crippen LogP contribution in [0.5, 0.6) is 5.75 Å². The number of sulfonamides is 1. The molecule has 6 nitrogen and oxygen atoms in total. The molecule has 0 spiro atoms. The molecular weight excluding hydrogens is 516 g/mol. The zero-order valence-electron chi connectivity index (χ0n) is 19.6. The Balaban J connectivity index is 1.30. The molecule has 0 heterocycles. The molecule has 8 heteroatoms. The van der Waals surface area contributed by atoms with E-state index in [-0.39, 0.29) is 20.5 Å².